The molecule has 2 heterocycles. The Labute approximate surface area is 177 Å². The van der Waals surface area contributed by atoms with Gasteiger partial charge in [-0.2, -0.15) is 4.98 Å². The summed E-state index contributed by atoms with van der Waals surface area (Å²) in [6, 6.07) is 10.5. The van der Waals surface area contributed by atoms with Gasteiger partial charge in [0.15, 0.2) is 5.82 Å². The van der Waals surface area contributed by atoms with Crippen LogP contribution in [0.3, 0.4) is 0 Å². The maximum absolute atomic E-state index is 12.3. The Bertz CT molecular complexity index is 842. The van der Waals surface area contributed by atoms with Gasteiger partial charge in [0.25, 0.3) is 0 Å². The molecule has 8 heteroatoms. The summed E-state index contributed by atoms with van der Waals surface area (Å²) in [6.07, 6.45) is 2.53. The number of methoxy groups -OCH3 is 1. The maximum Gasteiger partial charge on any atom is 0.315 e. The van der Waals surface area contributed by atoms with Gasteiger partial charge in [-0.05, 0) is 37.7 Å². The van der Waals surface area contributed by atoms with Crippen LogP contribution in [0, 0.1) is 12.8 Å². The summed E-state index contributed by atoms with van der Waals surface area (Å²) in [5.74, 6) is 1.75. The first-order valence-corrected chi connectivity index (χ1v) is 10.7. The highest BCUT2D eigenvalue weighted by Crippen LogP contribution is 2.50. The van der Waals surface area contributed by atoms with Crippen molar-refractivity contribution in [3.63, 3.8) is 0 Å². The van der Waals surface area contributed by atoms with Gasteiger partial charge in [-0.1, -0.05) is 35.5 Å². The molecule has 2 fully saturated rings. The monoisotopic (exact) mass is 413 g/mol. The Morgan fingerprint density at radius 3 is 2.93 bits per heavy atom. The molecule has 2 amide bonds. The van der Waals surface area contributed by atoms with Crippen LogP contribution in [0.25, 0.3) is 0 Å². The highest BCUT2D eigenvalue weighted by atomic mass is 16.5. The van der Waals surface area contributed by atoms with Gasteiger partial charge in [0.05, 0.1) is 5.41 Å². The van der Waals surface area contributed by atoms with Crippen LogP contribution < -0.4 is 10.6 Å². The number of aromatic nitrogens is 2. The number of nitrogens with one attached hydrogen (secondary N) is 2. The van der Waals surface area contributed by atoms with Gasteiger partial charge in [0.2, 0.25) is 5.89 Å². The van der Waals surface area contributed by atoms with Crippen molar-refractivity contribution in [1.82, 2.24) is 25.7 Å². The van der Waals surface area contributed by atoms with E-state index in [9.17, 15) is 4.79 Å². The molecule has 2 aromatic rings. The van der Waals surface area contributed by atoms with Gasteiger partial charge < -0.3 is 19.9 Å². The summed E-state index contributed by atoms with van der Waals surface area (Å²) < 4.78 is 10.7. The third-order valence-corrected chi connectivity index (χ3v) is 6.29. The van der Waals surface area contributed by atoms with E-state index in [1.54, 1.807) is 7.11 Å². The zero-order valence-corrected chi connectivity index (χ0v) is 17.8. The number of amides is 2. The molecule has 1 saturated heterocycles. The molecule has 2 aliphatic rings. The van der Waals surface area contributed by atoms with Crippen LogP contribution in [0.5, 0.6) is 0 Å². The molecule has 1 aromatic carbocycles. The van der Waals surface area contributed by atoms with Crippen molar-refractivity contribution in [3.05, 3.63) is 47.6 Å². The number of benzene rings is 1. The lowest BCUT2D eigenvalue weighted by Gasteiger charge is -2.25. The molecule has 162 valence electrons. The lowest BCUT2D eigenvalue weighted by Crippen LogP contribution is -2.43. The van der Waals surface area contributed by atoms with Gasteiger partial charge in [-0.3, -0.25) is 4.90 Å². The van der Waals surface area contributed by atoms with E-state index < -0.39 is 0 Å². The van der Waals surface area contributed by atoms with Crippen molar-refractivity contribution in [2.45, 2.75) is 44.2 Å². The highest BCUT2D eigenvalue weighted by Gasteiger charge is 2.57. The minimum Gasteiger partial charge on any atom is -0.385 e. The topological polar surface area (TPSA) is 92.5 Å². The number of hydrogen-bond acceptors (Lipinski definition) is 6. The Balaban J connectivity index is 1.42. The molecule has 3 atom stereocenters. The Morgan fingerprint density at radius 1 is 1.37 bits per heavy atom. The number of aryl methyl sites for hydroxylation is 1. The molecule has 0 radical (unpaired) electrons. The molecular weight excluding hydrogens is 382 g/mol. The van der Waals surface area contributed by atoms with E-state index in [4.69, 9.17) is 9.26 Å². The van der Waals surface area contributed by atoms with E-state index in [-0.39, 0.29) is 17.5 Å². The van der Waals surface area contributed by atoms with Crippen LogP contribution in [0.2, 0.25) is 0 Å². The van der Waals surface area contributed by atoms with Gasteiger partial charge in [0, 0.05) is 45.9 Å². The largest absolute Gasteiger partial charge is 0.385 e. The quantitative estimate of drug-likeness (QED) is 0.645. The summed E-state index contributed by atoms with van der Waals surface area (Å²) in [5, 5.41) is 10.1. The predicted molar refractivity (Wildman–Crippen MR) is 112 cm³/mol. The number of fused-ring (bicyclic) bond motifs is 1. The van der Waals surface area contributed by atoms with Crippen molar-refractivity contribution < 1.29 is 14.1 Å². The molecule has 0 spiro atoms. The predicted octanol–water partition coefficient (Wildman–Crippen LogP) is 2.25. The third kappa shape index (κ3) is 4.49. The van der Waals surface area contributed by atoms with E-state index in [1.165, 1.54) is 5.56 Å². The molecule has 2 N–H and O–H groups in total. The smallest absolute Gasteiger partial charge is 0.315 e. The Hall–Kier alpha value is -2.45. The molecule has 4 rings (SSSR count). The molecule has 1 saturated carbocycles. The second-order valence-corrected chi connectivity index (χ2v) is 8.54. The van der Waals surface area contributed by atoms with Gasteiger partial charge in [-0.15, -0.1) is 0 Å². The van der Waals surface area contributed by atoms with Gasteiger partial charge in [-0.25, -0.2) is 4.79 Å². The normalized spacial score (nSPS) is 25.9. The molecule has 1 aromatic heterocycles. The summed E-state index contributed by atoms with van der Waals surface area (Å²) in [5.41, 5.74) is 1.10. The number of rotatable bonds is 8. The fourth-order valence-corrected chi connectivity index (χ4v) is 5.03. The molecule has 30 heavy (non-hydrogen) atoms. The minimum absolute atomic E-state index is 0.100. The highest BCUT2D eigenvalue weighted by molar-refractivity contribution is 5.74. The first-order chi connectivity index (χ1) is 14.6. The van der Waals surface area contributed by atoms with Gasteiger partial charge >= 0.3 is 6.03 Å². The molecular formula is C22H31N5O3. The van der Waals surface area contributed by atoms with E-state index >= 15 is 0 Å². The number of carbonyl (C=O) groups is 1. The maximum atomic E-state index is 12.3. The lowest BCUT2D eigenvalue weighted by molar-refractivity contribution is 0.193. The SMILES string of the molecule is COCCCNC(=O)NC1CC2CN(Cc3ccccc3)CC2(c2nc(C)no2)C1. The van der Waals surface area contributed by atoms with Crippen LogP contribution in [-0.2, 0) is 16.7 Å². The molecule has 8 nitrogen and oxygen atoms in total. The summed E-state index contributed by atoms with van der Waals surface area (Å²) in [6.45, 7) is 5.83. The first kappa shape index (κ1) is 20.8. The third-order valence-electron chi connectivity index (χ3n) is 6.29. The minimum atomic E-state index is -0.204. The zero-order valence-electron chi connectivity index (χ0n) is 17.8. The summed E-state index contributed by atoms with van der Waals surface area (Å²) >= 11 is 0. The van der Waals surface area contributed by atoms with Crippen LogP contribution in [0.1, 0.15) is 36.5 Å². The van der Waals surface area contributed by atoms with Gasteiger partial charge in [0.1, 0.15) is 0 Å². The van der Waals surface area contributed by atoms with Crippen molar-refractivity contribution >= 4 is 6.03 Å². The van der Waals surface area contributed by atoms with Crippen molar-refractivity contribution in [2.24, 2.45) is 5.92 Å². The average molecular weight is 414 g/mol. The molecule has 3 unspecified atom stereocenters. The number of likely N-dealkylation sites (tertiary alicyclic amines) is 1. The van der Waals surface area contributed by atoms with Crippen molar-refractivity contribution in [2.75, 3.05) is 33.4 Å². The lowest BCUT2D eigenvalue weighted by atomic mass is 9.80. The molecule has 0 bridgehead atoms. The number of hydrogen-bond donors (Lipinski definition) is 2. The van der Waals surface area contributed by atoms with Crippen LogP contribution in [-0.4, -0.2) is 60.5 Å². The standard InChI is InChI=1S/C22H31N5O3/c1-16-24-20(30-26-16)22-12-19(25-21(28)23-9-6-10-29-2)11-18(22)14-27(15-22)13-17-7-4-3-5-8-17/h3-5,7-8,18-19H,6,9-15H2,1-2H3,(H2,23,25,28). The van der Waals surface area contributed by atoms with E-state index in [2.05, 4.69) is 49.9 Å². The summed E-state index contributed by atoms with van der Waals surface area (Å²) in [4.78, 5) is 19.4. The van der Waals surface area contributed by atoms with Crippen molar-refractivity contribution in [1.29, 1.82) is 0 Å². The number of urea groups is 1. The second kappa shape index (κ2) is 9.14. The average Bonchev–Trinajstić information content (AvgIpc) is 3.39. The van der Waals surface area contributed by atoms with E-state index in [0.717, 1.165) is 38.9 Å². The second-order valence-electron chi connectivity index (χ2n) is 8.54. The molecule has 1 aliphatic carbocycles. The van der Waals surface area contributed by atoms with E-state index in [1.807, 2.05) is 13.0 Å². The zero-order chi connectivity index (χ0) is 21.0. The fraction of sp³-hybridized carbons (Fsp3) is 0.591. The Kier molecular flexibility index (Phi) is 6.34. The van der Waals surface area contributed by atoms with Crippen LogP contribution in [0.15, 0.2) is 34.9 Å². The first-order valence-electron chi connectivity index (χ1n) is 10.7. The Morgan fingerprint density at radius 2 is 2.20 bits per heavy atom. The fourth-order valence-electron chi connectivity index (χ4n) is 5.03. The number of ether oxygens (including phenoxy) is 1. The van der Waals surface area contributed by atoms with E-state index in [0.29, 0.717) is 30.8 Å². The summed E-state index contributed by atoms with van der Waals surface area (Å²) in [7, 11) is 1.66. The van der Waals surface area contributed by atoms with Crippen molar-refractivity contribution in [3.8, 4) is 0 Å². The number of carbonyl (C=O) groups excluding carboxylic acids is 1. The van der Waals surface area contributed by atoms with Crippen LogP contribution >= 0.6 is 0 Å². The van der Waals surface area contributed by atoms with Crippen LogP contribution in [0.4, 0.5) is 4.79 Å². The number of nitrogens with zero attached hydrogens (tertiary/aromatic N) is 3. The molecule has 1 aliphatic heterocycles.